The highest BCUT2D eigenvalue weighted by molar-refractivity contribution is 6.02. The molecule has 0 aliphatic carbocycles. The molecular weight excluding hydrogens is 322 g/mol. The smallest absolute Gasteiger partial charge is 0.277 e. The largest absolute Gasteiger partial charge is 0.360 e. The molecule has 0 spiro atoms. The molecule has 0 aliphatic heterocycles. The van der Waals surface area contributed by atoms with Gasteiger partial charge >= 0.3 is 0 Å². The number of nitrogens with one attached hydrogen (secondary N) is 2. The van der Waals surface area contributed by atoms with Crippen molar-refractivity contribution in [2.45, 2.75) is 13.8 Å². The van der Waals surface area contributed by atoms with Crippen LogP contribution in [-0.4, -0.2) is 27.0 Å². The van der Waals surface area contributed by atoms with E-state index in [0.717, 1.165) is 5.69 Å². The number of aryl methyl sites for hydroxylation is 1. The first-order chi connectivity index (χ1) is 12.0. The molecule has 25 heavy (non-hydrogen) atoms. The number of Topliss-reactive ketones (excluding diaryl/α,β-unsaturated/α-hetero) is 1. The molecule has 126 valence electrons. The van der Waals surface area contributed by atoms with Crippen molar-refractivity contribution < 1.29 is 14.1 Å². The summed E-state index contributed by atoms with van der Waals surface area (Å²) in [4.78, 5) is 23.3. The summed E-state index contributed by atoms with van der Waals surface area (Å²) >= 11 is 0. The van der Waals surface area contributed by atoms with Crippen LogP contribution in [0.25, 0.3) is 0 Å². The van der Waals surface area contributed by atoms with Crippen molar-refractivity contribution in [2.24, 2.45) is 0 Å². The first kappa shape index (κ1) is 16.3. The highest BCUT2D eigenvalue weighted by Crippen LogP contribution is 2.15. The van der Waals surface area contributed by atoms with Crippen LogP contribution in [0.15, 0.2) is 47.0 Å². The number of aromatic nitrogens is 3. The molecule has 0 bridgehead atoms. The second-order valence-corrected chi connectivity index (χ2v) is 5.34. The number of amides is 1. The molecule has 3 rings (SSSR count). The highest BCUT2D eigenvalue weighted by atomic mass is 16.5. The van der Waals surface area contributed by atoms with Crippen molar-refractivity contribution in [3.63, 3.8) is 0 Å². The van der Waals surface area contributed by atoms with Gasteiger partial charge in [0, 0.05) is 17.3 Å². The lowest BCUT2D eigenvalue weighted by Gasteiger charge is -2.06. The number of benzene rings is 1. The Morgan fingerprint density at radius 3 is 2.32 bits per heavy atom. The van der Waals surface area contributed by atoms with E-state index in [0.29, 0.717) is 23.0 Å². The van der Waals surface area contributed by atoms with Gasteiger partial charge in [0.1, 0.15) is 5.76 Å². The minimum absolute atomic E-state index is 0.00372. The number of hydrogen-bond acceptors (Lipinski definition) is 7. The van der Waals surface area contributed by atoms with Gasteiger partial charge in [-0.15, -0.1) is 10.2 Å². The first-order valence-electron chi connectivity index (χ1n) is 7.48. The molecule has 0 radical (unpaired) electrons. The summed E-state index contributed by atoms with van der Waals surface area (Å²) in [6.07, 6.45) is 0. The maximum absolute atomic E-state index is 12.0. The minimum Gasteiger partial charge on any atom is -0.360 e. The van der Waals surface area contributed by atoms with Crippen LogP contribution in [-0.2, 0) is 0 Å². The molecular formula is C17H15N5O3. The molecule has 0 unspecified atom stereocenters. The number of anilines is 3. The fourth-order valence-corrected chi connectivity index (χ4v) is 2.06. The zero-order chi connectivity index (χ0) is 17.8. The van der Waals surface area contributed by atoms with E-state index >= 15 is 0 Å². The van der Waals surface area contributed by atoms with Crippen LogP contribution in [0.5, 0.6) is 0 Å². The summed E-state index contributed by atoms with van der Waals surface area (Å²) in [6, 6.07) is 11.8. The molecule has 0 saturated carbocycles. The van der Waals surface area contributed by atoms with Crippen molar-refractivity contribution in [1.82, 2.24) is 15.4 Å². The number of hydrogen-bond donors (Lipinski definition) is 2. The maximum Gasteiger partial charge on any atom is 0.277 e. The van der Waals surface area contributed by atoms with E-state index in [1.54, 1.807) is 49.4 Å². The number of ketones is 1. The zero-order valence-electron chi connectivity index (χ0n) is 13.6. The Bertz CT molecular complexity index is 901. The normalized spacial score (nSPS) is 10.3. The third kappa shape index (κ3) is 4.05. The van der Waals surface area contributed by atoms with Crippen LogP contribution in [0.4, 0.5) is 17.3 Å². The van der Waals surface area contributed by atoms with Gasteiger partial charge in [0.05, 0.1) is 0 Å². The van der Waals surface area contributed by atoms with Gasteiger partial charge in [-0.1, -0.05) is 5.16 Å². The average molecular weight is 337 g/mol. The van der Waals surface area contributed by atoms with Gasteiger partial charge in [0.25, 0.3) is 5.91 Å². The molecule has 2 aromatic heterocycles. The van der Waals surface area contributed by atoms with Crippen LogP contribution in [0.3, 0.4) is 0 Å². The number of rotatable bonds is 5. The van der Waals surface area contributed by atoms with Crippen LogP contribution in [0.2, 0.25) is 0 Å². The lowest BCUT2D eigenvalue weighted by molar-refractivity contribution is 0.101. The number of carbonyl (C=O) groups is 2. The van der Waals surface area contributed by atoms with Gasteiger partial charge in [0.15, 0.2) is 23.1 Å². The Balaban J connectivity index is 1.65. The molecule has 0 aliphatic rings. The predicted octanol–water partition coefficient (Wildman–Crippen LogP) is 2.97. The van der Waals surface area contributed by atoms with Gasteiger partial charge in [-0.25, -0.2) is 0 Å². The SMILES string of the molecule is CC(=O)c1ccc(Nc2ccc(C(=O)Nc3cc(C)on3)nn2)cc1. The summed E-state index contributed by atoms with van der Waals surface area (Å²) in [5.74, 6) is 0.959. The Morgan fingerprint density at radius 1 is 1.00 bits per heavy atom. The lowest BCUT2D eigenvalue weighted by Crippen LogP contribution is -2.14. The van der Waals surface area contributed by atoms with Crippen molar-refractivity contribution >= 4 is 29.0 Å². The van der Waals surface area contributed by atoms with E-state index in [2.05, 4.69) is 26.0 Å². The molecule has 0 atom stereocenters. The second kappa shape index (κ2) is 6.91. The average Bonchev–Trinajstić information content (AvgIpc) is 3.01. The molecule has 0 saturated heterocycles. The Kier molecular flexibility index (Phi) is 4.51. The molecule has 8 heteroatoms. The van der Waals surface area contributed by atoms with Crippen molar-refractivity contribution in [3.05, 3.63) is 59.5 Å². The lowest BCUT2D eigenvalue weighted by atomic mass is 10.1. The van der Waals surface area contributed by atoms with E-state index in [1.807, 2.05) is 0 Å². The van der Waals surface area contributed by atoms with Crippen LogP contribution >= 0.6 is 0 Å². The fraction of sp³-hybridized carbons (Fsp3) is 0.118. The number of carbonyl (C=O) groups excluding carboxylic acids is 2. The zero-order valence-corrected chi connectivity index (χ0v) is 13.6. The van der Waals surface area contributed by atoms with E-state index in [-0.39, 0.29) is 11.5 Å². The molecule has 8 nitrogen and oxygen atoms in total. The second-order valence-electron chi connectivity index (χ2n) is 5.34. The fourth-order valence-electron chi connectivity index (χ4n) is 2.06. The van der Waals surface area contributed by atoms with Gasteiger partial charge in [-0.3, -0.25) is 9.59 Å². The van der Waals surface area contributed by atoms with Crippen molar-refractivity contribution in [2.75, 3.05) is 10.6 Å². The molecule has 2 N–H and O–H groups in total. The van der Waals surface area contributed by atoms with Gasteiger partial charge < -0.3 is 15.2 Å². The van der Waals surface area contributed by atoms with E-state index in [9.17, 15) is 9.59 Å². The Morgan fingerprint density at radius 2 is 1.76 bits per heavy atom. The molecule has 3 aromatic rings. The summed E-state index contributed by atoms with van der Waals surface area (Å²) in [7, 11) is 0. The van der Waals surface area contributed by atoms with E-state index in [4.69, 9.17) is 4.52 Å². The molecule has 2 heterocycles. The third-order valence-electron chi connectivity index (χ3n) is 3.33. The van der Waals surface area contributed by atoms with Crippen molar-refractivity contribution in [1.29, 1.82) is 0 Å². The molecule has 1 amide bonds. The minimum atomic E-state index is -0.432. The molecule has 0 fully saturated rings. The Labute approximate surface area is 143 Å². The summed E-state index contributed by atoms with van der Waals surface area (Å²) in [6.45, 7) is 3.24. The summed E-state index contributed by atoms with van der Waals surface area (Å²) in [5.41, 5.74) is 1.54. The van der Waals surface area contributed by atoms with Gasteiger partial charge in [-0.2, -0.15) is 0 Å². The standard InChI is InChI=1S/C17H15N5O3/c1-10-9-16(22-25-10)19-17(24)14-7-8-15(21-20-14)18-13-5-3-12(4-6-13)11(2)23/h3-9H,1-2H3,(H,18,21)(H,19,22,24). The van der Waals surface area contributed by atoms with E-state index in [1.165, 1.54) is 6.92 Å². The van der Waals surface area contributed by atoms with Gasteiger partial charge in [-0.05, 0) is 50.2 Å². The third-order valence-corrected chi connectivity index (χ3v) is 3.33. The number of nitrogens with zero attached hydrogens (tertiary/aromatic N) is 3. The maximum atomic E-state index is 12.0. The Hall–Kier alpha value is -3.55. The topological polar surface area (TPSA) is 110 Å². The monoisotopic (exact) mass is 337 g/mol. The quantitative estimate of drug-likeness (QED) is 0.689. The summed E-state index contributed by atoms with van der Waals surface area (Å²) in [5, 5.41) is 17.1. The van der Waals surface area contributed by atoms with Crippen LogP contribution in [0, 0.1) is 6.92 Å². The van der Waals surface area contributed by atoms with E-state index < -0.39 is 5.91 Å². The van der Waals surface area contributed by atoms with Crippen molar-refractivity contribution in [3.8, 4) is 0 Å². The molecule has 1 aromatic carbocycles. The van der Waals surface area contributed by atoms with Gasteiger partial charge in [0.2, 0.25) is 0 Å². The summed E-state index contributed by atoms with van der Waals surface area (Å²) < 4.78 is 4.88. The first-order valence-corrected chi connectivity index (χ1v) is 7.48. The van der Waals surface area contributed by atoms with Crippen LogP contribution in [0.1, 0.15) is 33.5 Å². The van der Waals surface area contributed by atoms with Crippen LogP contribution < -0.4 is 10.6 Å². The highest BCUT2D eigenvalue weighted by Gasteiger charge is 2.11. The predicted molar refractivity (Wildman–Crippen MR) is 91.0 cm³/mol.